The zero-order valence-corrected chi connectivity index (χ0v) is 14.9. The van der Waals surface area contributed by atoms with Gasteiger partial charge in [0.2, 0.25) is 0 Å². The number of aromatic nitrogens is 3. The van der Waals surface area contributed by atoms with Crippen LogP contribution in [0.4, 0.5) is 10.5 Å². The lowest BCUT2D eigenvalue weighted by Gasteiger charge is -2.33. The Labute approximate surface area is 156 Å². The van der Waals surface area contributed by atoms with Crippen LogP contribution < -0.4 is 10.6 Å². The van der Waals surface area contributed by atoms with Gasteiger partial charge in [0.05, 0.1) is 0 Å². The molecule has 1 saturated heterocycles. The fourth-order valence-electron chi connectivity index (χ4n) is 3.50. The molecule has 0 bridgehead atoms. The van der Waals surface area contributed by atoms with E-state index in [1.807, 2.05) is 18.2 Å². The van der Waals surface area contributed by atoms with Gasteiger partial charge in [-0.25, -0.2) is 4.79 Å². The molecule has 4 rings (SSSR count). The number of phenolic OH excluding ortho intramolecular Hbond substituents is 1. The summed E-state index contributed by atoms with van der Waals surface area (Å²) in [6.07, 6.45) is 1.97. The number of rotatable bonds is 4. The topological polar surface area (TPSA) is 106 Å². The van der Waals surface area contributed by atoms with Gasteiger partial charge in [-0.3, -0.25) is 4.90 Å². The molecule has 2 aromatic carbocycles. The van der Waals surface area contributed by atoms with E-state index in [0.29, 0.717) is 11.2 Å². The number of benzene rings is 2. The van der Waals surface area contributed by atoms with Gasteiger partial charge in [-0.1, -0.05) is 12.1 Å². The highest BCUT2D eigenvalue weighted by molar-refractivity contribution is 5.91. The molecule has 0 saturated carbocycles. The third-order valence-corrected chi connectivity index (χ3v) is 4.73. The monoisotopic (exact) mass is 366 g/mol. The summed E-state index contributed by atoms with van der Waals surface area (Å²) in [5, 5.41) is 26.1. The number of fused-ring (bicyclic) bond motifs is 1. The number of hydrogen-bond acceptors (Lipinski definition) is 5. The van der Waals surface area contributed by atoms with Crippen LogP contribution in [0.15, 0.2) is 42.5 Å². The van der Waals surface area contributed by atoms with Gasteiger partial charge >= 0.3 is 6.03 Å². The lowest BCUT2D eigenvalue weighted by Crippen LogP contribution is -2.48. The Bertz CT molecular complexity index is 941. The highest BCUT2D eigenvalue weighted by Crippen LogP contribution is 2.18. The lowest BCUT2D eigenvalue weighted by molar-refractivity contribution is 0.183. The fraction of sp³-hybridized carbons (Fsp3) is 0.316. The van der Waals surface area contributed by atoms with Crippen LogP contribution in [0.5, 0.6) is 5.75 Å². The lowest BCUT2D eigenvalue weighted by atomic mass is 10.0. The number of H-pyrrole nitrogens is 1. The van der Waals surface area contributed by atoms with E-state index in [0.717, 1.165) is 43.6 Å². The van der Waals surface area contributed by atoms with Gasteiger partial charge in [-0.05, 0) is 55.3 Å². The highest BCUT2D eigenvalue weighted by atomic mass is 16.3. The Morgan fingerprint density at radius 1 is 1.22 bits per heavy atom. The van der Waals surface area contributed by atoms with E-state index in [2.05, 4.69) is 30.9 Å². The van der Waals surface area contributed by atoms with Crippen molar-refractivity contribution in [1.82, 2.24) is 25.6 Å². The van der Waals surface area contributed by atoms with Crippen molar-refractivity contribution in [3.8, 4) is 5.75 Å². The van der Waals surface area contributed by atoms with E-state index in [4.69, 9.17) is 0 Å². The molecule has 0 unspecified atom stereocenters. The summed E-state index contributed by atoms with van der Waals surface area (Å²) >= 11 is 0. The van der Waals surface area contributed by atoms with Crippen molar-refractivity contribution < 1.29 is 9.90 Å². The minimum Gasteiger partial charge on any atom is -0.508 e. The van der Waals surface area contributed by atoms with Crippen LogP contribution in [0, 0.1) is 0 Å². The van der Waals surface area contributed by atoms with E-state index >= 15 is 0 Å². The Morgan fingerprint density at radius 2 is 2.11 bits per heavy atom. The zero-order valence-electron chi connectivity index (χ0n) is 14.9. The number of anilines is 1. The third-order valence-electron chi connectivity index (χ3n) is 4.73. The maximum absolute atomic E-state index is 12.3. The zero-order chi connectivity index (χ0) is 18.6. The molecule has 1 atom stereocenters. The predicted molar refractivity (Wildman–Crippen MR) is 102 cm³/mol. The first-order chi connectivity index (χ1) is 13.2. The van der Waals surface area contributed by atoms with Crippen molar-refractivity contribution >= 4 is 22.8 Å². The highest BCUT2D eigenvalue weighted by Gasteiger charge is 2.21. The van der Waals surface area contributed by atoms with Crippen molar-refractivity contribution in [1.29, 1.82) is 0 Å². The van der Waals surface area contributed by atoms with Crippen LogP contribution in [0.3, 0.4) is 0 Å². The SMILES string of the molecule is O=C(Nc1ccc2n[nH]nc2c1)N[C@@H]1CCCN(Cc2cccc(O)c2)C1. The summed E-state index contributed by atoms with van der Waals surface area (Å²) in [4.78, 5) is 14.6. The van der Waals surface area contributed by atoms with Gasteiger partial charge in [0, 0.05) is 24.8 Å². The molecule has 8 heteroatoms. The number of carbonyl (C=O) groups excluding carboxylic acids is 1. The molecule has 1 aromatic heterocycles. The number of nitrogens with one attached hydrogen (secondary N) is 3. The van der Waals surface area contributed by atoms with Crippen molar-refractivity contribution in [3.05, 3.63) is 48.0 Å². The standard InChI is InChI=1S/C19H22N6O2/c26-16-5-1-3-13(9-16)11-25-8-2-4-15(12-25)21-19(27)20-14-6-7-17-18(10-14)23-24-22-17/h1,3,5-7,9-10,15,26H,2,4,8,11-12H2,(H2,20,21,27)(H,22,23,24)/t15-/m1/s1. The van der Waals surface area contributed by atoms with E-state index in [-0.39, 0.29) is 17.8 Å². The van der Waals surface area contributed by atoms with Crippen molar-refractivity contribution in [3.63, 3.8) is 0 Å². The van der Waals surface area contributed by atoms with Gasteiger partial charge in [0.25, 0.3) is 0 Å². The second-order valence-corrected chi connectivity index (χ2v) is 6.87. The number of urea groups is 1. The second-order valence-electron chi connectivity index (χ2n) is 6.87. The first kappa shape index (κ1) is 17.3. The van der Waals surface area contributed by atoms with E-state index in [1.54, 1.807) is 24.3 Å². The number of phenols is 1. The minimum absolute atomic E-state index is 0.0897. The summed E-state index contributed by atoms with van der Waals surface area (Å²) in [6, 6.07) is 12.6. The predicted octanol–water partition coefficient (Wildman–Crippen LogP) is 2.45. The van der Waals surface area contributed by atoms with Crippen LogP contribution in [0.2, 0.25) is 0 Å². The van der Waals surface area contributed by atoms with Crippen LogP contribution >= 0.6 is 0 Å². The number of nitrogens with zero attached hydrogens (tertiary/aromatic N) is 3. The molecule has 3 aromatic rings. The fourth-order valence-corrected chi connectivity index (χ4v) is 3.50. The van der Waals surface area contributed by atoms with Crippen LogP contribution in [-0.4, -0.2) is 50.6 Å². The van der Waals surface area contributed by atoms with Gasteiger partial charge < -0.3 is 15.7 Å². The molecule has 1 aliphatic rings. The Kier molecular flexibility index (Phi) is 4.88. The van der Waals surface area contributed by atoms with Crippen molar-refractivity contribution in [2.45, 2.75) is 25.4 Å². The summed E-state index contributed by atoms with van der Waals surface area (Å²) in [6.45, 7) is 2.53. The Morgan fingerprint density at radius 3 is 3.00 bits per heavy atom. The van der Waals surface area contributed by atoms with Crippen molar-refractivity contribution in [2.24, 2.45) is 0 Å². The summed E-state index contributed by atoms with van der Waals surface area (Å²) < 4.78 is 0. The minimum atomic E-state index is -0.220. The van der Waals surface area contributed by atoms with E-state index < -0.39 is 0 Å². The first-order valence-electron chi connectivity index (χ1n) is 9.04. The van der Waals surface area contributed by atoms with Crippen molar-refractivity contribution in [2.75, 3.05) is 18.4 Å². The molecule has 140 valence electrons. The second kappa shape index (κ2) is 7.63. The van der Waals surface area contributed by atoms with E-state index in [9.17, 15) is 9.90 Å². The number of piperidine rings is 1. The van der Waals surface area contributed by atoms with Crippen LogP contribution in [0.25, 0.3) is 11.0 Å². The number of carbonyl (C=O) groups is 1. The van der Waals surface area contributed by atoms with Crippen LogP contribution in [-0.2, 0) is 6.54 Å². The summed E-state index contributed by atoms with van der Waals surface area (Å²) in [5.74, 6) is 0.280. The average molecular weight is 366 g/mol. The van der Waals surface area contributed by atoms with Gasteiger partial charge in [0.1, 0.15) is 16.8 Å². The van der Waals surface area contributed by atoms with Crippen LogP contribution in [0.1, 0.15) is 18.4 Å². The normalized spacial score (nSPS) is 17.7. The number of aromatic amines is 1. The average Bonchev–Trinajstić information content (AvgIpc) is 3.09. The Hall–Kier alpha value is -3.13. The molecule has 0 spiro atoms. The molecular formula is C19H22N6O2. The molecule has 2 heterocycles. The number of amides is 2. The third kappa shape index (κ3) is 4.35. The molecule has 1 aliphatic heterocycles. The molecule has 27 heavy (non-hydrogen) atoms. The molecule has 1 fully saturated rings. The Balaban J connectivity index is 1.32. The molecule has 4 N–H and O–H groups in total. The smallest absolute Gasteiger partial charge is 0.319 e. The maximum atomic E-state index is 12.3. The molecule has 0 radical (unpaired) electrons. The largest absolute Gasteiger partial charge is 0.508 e. The number of likely N-dealkylation sites (tertiary alicyclic amines) is 1. The van der Waals surface area contributed by atoms with Gasteiger partial charge in [-0.2, -0.15) is 15.4 Å². The number of aromatic hydroxyl groups is 1. The quantitative estimate of drug-likeness (QED) is 0.567. The molecular weight excluding hydrogens is 344 g/mol. The van der Waals surface area contributed by atoms with E-state index in [1.165, 1.54) is 0 Å². The molecule has 2 amide bonds. The van der Waals surface area contributed by atoms with Gasteiger partial charge in [0.15, 0.2) is 0 Å². The molecule has 0 aliphatic carbocycles. The van der Waals surface area contributed by atoms with Gasteiger partial charge in [-0.15, -0.1) is 0 Å². The number of hydrogen-bond donors (Lipinski definition) is 4. The maximum Gasteiger partial charge on any atom is 0.319 e. The summed E-state index contributed by atoms with van der Waals surface area (Å²) in [7, 11) is 0. The molecule has 8 nitrogen and oxygen atoms in total. The first-order valence-corrected chi connectivity index (χ1v) is 9.04. The summed E-state index contributed by atoms with van der Waals surface area (Å²) in [5.41, 5.74) is 3.22.